The molecule has 2 aromatic heterocycles. The van der Waals surface area contributed by atoms with E-state index in [0.717, 1.165) is 36.8 Å². The number of hydrogen-bond donors (Lipinski definition) is 1. The van der Waals surface area contributed by atoms with Gasteiger partial charge in [-0.25, -0.2) is 18.4 Å². The number of nitrogens with one attached hydrogen (secondary N) is 1. The van der Waals surface area contributed by atoms with Crippen LogP contribution in [0.5, 0.6) is 0 Å². The first-order valence-corrected chi connectivity index (χ1v) is 12.4. The Bertz CT molecular complexity index is 1240. The van der Waals surface area contributed by atoms with Crippen LogP contribution in [0.1, 0.15) is 60.7 Å². The molecular formula is C22H22ClN3O4S. The number of aromatic nitrogens is 2. The van der Waals surface area contributed by atoms with E-state index in [2.05, 4.69) is 15.3 Å². The number of carbonyl (C=O) groups is 1. The van der Waals surface area contributed by atoms with E-state index in [1.165, 1.54) is 12.3 Å². The molecule has 3 aromatic rings. The smallest absolute Gasteiger partial charge is 0.251 e. The van der Waals surface area contributed by atoms with Crippen molar-refractivity contribution < 1.29 is 17.6 Å². The van der Waals surface area contributed by atoms with Crippen LogP contribution < -0.4 is 5.32 Å². The summed E-state index contributed by atoms with van der Waals surface area (Å²) in [6.45, 7) is 0. The SMILES string of the molecule is O=C(N[C@H]1CC[C@@H](c2nc3cc(Cl)ccc3o2)CC1)c1ccnc(S(=O)(=O)C2CC2)c1. The van der Waals surface area contributed by atoms with E-state index in [0.29, 0.717) is 29.3 Å². The van der Waals surface area contributed by atoms with Gasteiger partial charge in [0.2, 0.25) is 0 Å². The Kier molecular flexibility index (Phi) is 5.22. The number of pyridine rings is 1. The number of rotatable bonds is 5. The lowest BCUT2D eigenvalue weighted by Crippen LogP contribution is -2.37. The molecule has 2 saturated carbocycles. The van der Waals surface area contributed by atoms with Gasteiger partial charge in [-0.2, -0.15) is 0 Å². The molecule has 0 radical (unpaired) electrons. The molecule has 7 nitrogen and oxygen atoms in total. The largest absolute Gasteiger partial charge is 0.440 e. The Labute approximate surface area is 185 Å². The van der Waals surface area contributed by atoms with Crippen LogP contribution >= 0.6 is 11.6 Å². The molecule has 5 rings (SSSR count). The van der Waals surface area contributed by atoms with Crippen LogP contribution in [0.15, 0.2) is 46.0 Å². The molecule has 1 amide bonds. The molecule has 0 aliphatic heterocycles. The van der Waals surface area contributed by atoms with E-state index in [9.17, 15) is 13.2 Å². The number of carbonyl (C=O) groups excluding carboxylic acids is 1. The first kappa shape index (κ1) is 20.5. The van der Waals surface area contributed by atoms with Crippen LogP contribution in [0.4, 0.5) is 0 Å². The molecule has 2 fully saturated rings. The fourth-order valence-electron chi connectivity index (χ4n) is 4.10. The molecule has 1 aromatic carbocycles. The molecule has 2 heterocycles. The third-order valence-corrected chi connectivity index (χ3v) is 8.42. The van der Waals surface area contributed by atoms with Gasteiger partial charge in [-0.1, -0.05) is 11.6 Å². The van der Waals surface area contributed by atoms with Crippen LogP contribution in [0.25, 0.3) is 11.1 Å². The summed E-state index contributed by atoms with van der Waals surface area (Å²) in [6.07, 6.45) is 6.02. The lowest BCUT2D eigenvalue weighted by atomic mass is 9.86. The summed E-state index contributed by atoms with van der Waals surface area (Å²) in [5.74, 6) is 0.649. The van der Waals surface area contributed by atoms with E-state index in [4.69, 9.17) is 16.0 Å². The predicted molar refractivity (Wildman–Crippen MR) is 116 cm³/mol. The lowest BCUT2D eigenvalue weighted by molar-refractivity contribution is 0.0924. The van der Waals surface area contributed by atoms with E-state index in [1.54, 1.807) is 18.2 Å². The zero-order chi connectivity index (χ0) is 21.6. The van der Waals surface area contributed by atoms with Gasteiger partial charge in [-0.3, -0.25) is 4.79 Å². The number of hydrogen-bond acceptors (Lipinski definition) is 6. The zero-order valence-corrected chi connectivity index (χ0v) is 18.3. The summed E-state index contributed by atoms with van der Waals surface area (Å²) in [5, 5.41) is 3.30. The van der Waals surface area contributed by atoms with Gasteiger partial charge >= 0.3 is 0 Å². The Morgan fingerprint density at radius 1 is 1.06 bits per heavy atom. The lowest BCUT2D eigenvalue weighted by Gasteiger charge is -2.27. The second-order valence-electron chi connectivity index (χ2n) is 8.31. The molecule has 0 saturated heterocycles. The Morgan fingerprint density at radius 2 is 1.84 bits per heavy atom. The van der Waals surface area contributed by atoms with Crippen molar-refractivity contribution in [1.82, 2.24) is 15.3 Å². The minimum Gasteiger partial charge on any atom is -0.440 e. The topological polar surface area (TPSA) is 102 Å². The van der Waals surface area contributed by atoms with E-state index in [1.807, 2.05) is 6.07 Å². The summed E-state index contributed by atoms with van der Waals surface area (Å²) in [7, 11) is -3.42. The number of oxazole rings is 1. The van der Waals surface area contributed by atoms with Crippen molar-refractivity contribution in [2.24, 2.45) is 0 Å². The van der Waals surface area contributed by atoms with Gasteiger partial charge < -0.3 is 9.73 Å². The Balaban J connectivity index is 1.22. The van der Waals surface area contributed by atoms with Crippen LogP contribution in [0.3, 0.4) is 0 Å². The van der Waals surface area contributed by atoms with Gasteiger partial charge in [0.15, 0.2) is 26.3 Å². The highest BCUT2D eigenvalue weighted by Gasteiger charge is 2.38. The Morgan fingerprint density at radius 3 is 2.58 bits per heavy atom. The van der Waals surface area contributed by atoms with E-state index >= 15 is 0 Å². The summed E-state index contributed by atoms with van der Waals surface area (Å²) in [6, 6.07) is 8.37. The number of sulfone groups is 1. The third-order valence-electron chi connectivity index (χ3n) is 6.03. The number of amides is 1. The zero-order valence-electron chi connectivity index (χ0n) is 16.8. The number of benzene rings is 1. The third kappa shape index (κ3) is 4.19. The Hall–Kier alpha value is -2.45. The van der Waals surface area contributed by atoms with E-state index in [-0.39, 0.29) is 28.1 Å². The summed E-state index contributed by atoms with van der Waals surface area (Å²) in [4.78, 5) is 21.3. The maximum atomic E-state index is 12.7. The molecule has 2 aliphatic carbocycles. The molecule has 31 heavy (non-hydrogen) atoms. The maximum absolute atomic E-state index is 12.7. The van der Waals surface area contributed by atoms with Crippen molar-refractivity contribution in [3.05, 3.63) is 53.0 Å². The van der Waals surface area contributed by atoms with Crippen molar-refractivity contribution >= 4 is 38.4 Å². The molecule has 9 heteroatoms. The van der Waals surface area contributed by atoms with Crippen molar-refractivity contribution in [1.29, 1.82) is 0 Å². The van der Waals surface area contributed by atoms with E-state index < -0.39 is 9.84 Å². The second kappa shape index (κ2) is 7.91. The minimum absolute atomic E-state index is 0.0116. The molecule has 0 spiro atoms. The quantitative estimate of drug-likeness (QED) is 0.611. The number of nitrogens with zero attached hydrogens (tertiary/aromatic N) is 2. The summed E-state index contributed by atoms with van der Waals surface area (Å²) < 4.78 is 30.7. The van der Waals surface area contributed by atoms with Crippen molar-refractivity contribution in [3.8, 4) is 0 Å². The van der Waals surface area contributed by atoms with Gasteiger partial charge in [-0.15, -0.1) is 0 Å². The maximum Gasteiger partial charge on any atom is 0.251 e. The van der Waals surface area contributed by atoms with Crippen LogP contribution in [-0.4, -0.2) is 35.6 Å². The standard InChI is InChI=1S/C22H22ClN3O4S/c23-15-3-8-19-18(12-15)26-22(30-19)13-1-4-16(5-2-13)25-21(27)14-9-10-24-20(11-14)31(28,29)17-6-7-17/h3,8-13,16-17H,1-2,4-7H2,(H,25,27)/t13-,16+. The molecule has 1 N–H and O–H groups in total. The molecule has 0 unspecified atom stereocenters. The number of halogens is 1. The first-order valence-electron chi connectivity index (χ1n) is 10.5. The fraction of sp³-hybridized carbons (Fsp3) is 0.409. The van der Waals surface area contributed by atoms with Crippen molar-refractivity contribution in [2.45, 2.75) is 60.8 Å². The van der Waals surface area contributed by atoms with Crippen LogP contribution in [0.2, 0.25) is 5.02 Å². The minimum atomic E-state index is -3.42. The fourth-order valence-corrected chi connectivity index (χ4v) is 5.87. The highest BCUT2D eigenvalue weighted by atomic mass is 35.5. The molecule has 0 bridgehead atoms. The van der Waals surface area contributed by atoms with Crippen molar-refractivity contribution in [2.75, 3.05) is 0 Å². The predicted octanol–water partition coefficient (Wildman–Crippen LogP) is 4.27. The highest BCUT2D eigenvalue weighted by molar-refractivity contribution is 7.92. The van der Waals surface area contributed by atoms with Gasteiger partial charge in [0.05, 0.1) is 5.25 Å². The molecule has 2 aliphatic rings. The second-order valence-corrected chi connectivity index (χ2v) is 10.9. The molecular weight excluding hydrogens is 438 g/mol. The number of fused-ring (bicyclic) bond motifs is 1. The normalized spacial score (nSPS) is 21.8. The van der Waals surface area contributed by atoms with Crippen LogP contribution in [0, 0.1) is 0 Å². The average Bonchev–Trinajstić information content (AvgIpc) is 3.55. The first-order chi connectivity index (χ1) is 14.9. The summed E-state index contributed by atoms with van der Waals surface area (Å²) in [5.41, 5.74) is 1.81. The summed E-state index contributed by atoms with van der Waals surface area (Å²) >= 11 is 6.03. The van der Waals surface area contributed by atoms with Gasteiger partial charge in [0, 0.05) is 28.7 Å². The van der Waals surface area contributed by atoms with Crippen LogP contribution in [-0.2, 0) is 9.84 Å². The molecule has 162 valence electrons. The average molecular weight is 460 g/mol. The van der Waals surface area contributed by atoms with Gasteiger partial charge in [-0.05, 0) is 68.9 Å². The highest BCUT2D eigenvalue weighted by Crippen LogP contribution is 2.35. The van der Waals surface area contributed by atoms with Gasteiger partial charge in [0.1, 0.15) is 5.52 Å². The molecule has 0 atom stereocenters. The van der Waals surface area contributed by atoms with Gasteiger partial charge in [0.25, 0.3) is 5.91 Å². The van der Waals surface area contributed by atoms with Crippen molar-refractivity contribution in [3.63, 3.8) is 0 Å². The monoisotopic (exact) mass is 459 g/mol.